The number of ether oxygens (including phenoxy) is 1. The summed E-state index contributed by atoms with van der Waals surface area (Å²) in [5.41, 5.74) is 7.28. The zero-order valence-corrected chi connectivity index (χ0v) is 11.0. The van der Waals surface area contributed by atoms with Crippen molar-refractivity contribution in [2.75, 3.05) is 33.4 Å². The van der Waals surface area contributed by atoms with Crippen molar-refractivity contribution in [3.05, 3.63) is 35.1 Å². The van der Waals surface area contributed by atoms with Crippen LogP contribution in [0.3, 0.4) is 0 Å². The predicted molar refractivity (Wildman–Crippen MR) is 70.1 cm³/mol. The van der Waals surface area contributed by atoms with E-state index in [2.05, 4.69) is 4.90 Å². The molecule has 2 atom stereocenters. The molecule has 0 spiro atoms. The Kier molecular flexibility index (Phi) is 4.48. The van der Waals surface area contributed by atoms with E-state index < -0.39 is 0 Å². The molecule has 2 N–H and O–H groups in total. The Morgan fingerprint density at radius 3 is 2.95 bits per heavy atom. The van der Waals surface area contributed by atoms with E-state index in [0.717, 1.165) is 25.2 Å². The zero-order valence-electron chi connectivity index (χ0n) is 11.0. The second-order valence-corrected chi connectivity index (χ2v) is 4.91. The lowest BCUT2D eigenvalue weighted by atomic mass is 9.93. The van der Waals surface area contributed by atoms with E-state index in [-0.39, 0.29) is 17.8 Å². The van der Waals surface area contributed by atoms with Gasteiger partial charge in [0.1, 0.15) is 5.82 Å². The average Bonchev–Trinajstić information content (AvgIpc) is 2.76. The fourth-order valence-electron chi connectivity index (χ4n) is 2.56. The summed E-state index contributed by atoms with van der Waals surface area (Å²) >= 11 is 0. The van der Waals surface area contributed by atoms with Crippen LogP contribution < -0.4 is 5.73 Å². The molecular weight excluding hydrogens is 245 g/mol. The van der Waals surface area contributed by atoms with E-state index in [0.29, 0.717) is 12.2 Å². The first-order valence-corrected chi connectivity index (χ1v) is 6.31. The van der Waals surface area contributed by atoms with Gasteiger partial charge in [0, 0.05) is 38.7 Å². The van der Waals surface area contributed by atoms with Crippen LogP contribution in [-0.2, 0) is 4.74 Å². The highest BCUT2D eigenvalue weighted by atomic mass is 19.1. The van der Waals surface area contributed by atoms with Gasteiger partial charge in [0.25, 0.3) is 0 Å². The van der Waals surface area contributed by atoms with Crippen LogP contribution in [0.1, 0.15) is 17.0 Å². The molecule has 1 saturated heterocycles. The molecule has 0 radical (unpaired) electrons. The van der Waals surface area contributed by atoms with Crippen molar-refractivity contribution in [2.45, 2.75) is 12.0 Å². The van der Waals surface area contributed by atoms with Crippen molar-refractivity contribution < 1.29 is 9.13 Å². The smallest absolute Gasteiger partial charge is 0.124 e. The van der Waals surface area contributed by atoms with Crippen LogP contribution in [-0.4, -0.2) is 44.3 Å². The molecule has 1 aromatic carbocycles. The largest absolute Gasteiger partial charge is 0.383 e. The maximum Gasteiger partial charge on any atom is 0.124 e. The molecule has 1 heterocycles. The maximum absolute atomic E-state index is 13.5. The van der Waals surface area contributed by atoms with Gasteiger partial charge in [-0.15, -0.1) is 0 Å². The first-order valence-electron chi connectivity index (χ1n) is 6.31. The molecule has 0 unspecified atom stereocenters. The van der Waals surface area contributed by atoms with Gasteiger partial charge in [-0.3, -0.25) is 4.90 Å². The molecule has 1 fully saturated rings. The SMILES string of the molecule is COCCN1C[C@H](c2cc(F)cc(C#N)c2)[C@@H](N)C1. The van der Waals surface area contributed by atoms with Crippen LogP contribution in [0, 0.1) is 17.1 Å². The van der Waals surface area contributed by atoms with Gasteiger partial charge in [-0.1, -0.05) is 0 Å². The van der Waals surface area contributed by atoms with Crippen molar-refractivity contribution in [3.63, 3.8) is 0 Å². The van der Waals surface area contributed by atoms with Crippen molar-refractivity contribution in [1.82, 2.24) is 4.90 Å². The quantitative estimate of drug-likeness (QED) is 0.882. The number of nitrogens with zero attached hydrogens (tertiary/aromatic N) is 2. The second-order valence-electron chi connectivity index (χ2n) is 4.91. The van der Waals surface area contributed by atoms with E-state index in [4.69, 9.17) is 15.7 Å². The Morgan fingerprint density at radius 1 is 1.47 bits per heavy atom. The Morgan fingerprint density at radius 2 is 2.26 bits per heavy atom. The topological polar surface area (TPSA) is 62.3 Å². The normalized spacial score (nSPS) is 23.5. The summed E-state index contributed by atoms with van der Waals surface area (Å²) in [5, 5.41) is 8.89. The van der Waals surface area contributed by atoms with Gasteiger partial charge < -0.3 is 10.5 Å². The van der Waals surface area contributed by atoms with E-state index in [1.807, 2.05) is 6.07 Å². The fourth-order valence-corrected chi connectivity index (χ4v) is 2.56. The average molecular weight is 263 g/mol. The molecule has 0 amide bonds. The number of methoxy groups -OCH3 is 1. The molecule has 1 aromatic rings. The monoisotopic (exact) mass is 263 g/mol. The standard InChI is InChI=1S/C14H18FN3O/c1-19-3-2-18-8-13(14(17)9-18)11-4-10(7-16)5-12(15)6-11/h4-6,13-14H,2-3,8-9,17H2,1H3/t13-,14+/m1/s1. The zero-order chi connectivity index (χ0) is 13.8. The van der Waals surface area contributed by atoms with Crippen molar-refractivity contribution >= 4 is 0 Å². The number of nitrogens with two attached hydrogens (primary N) is 1. The summed E-state index contributed by atoms with van der Waals surface area (Å²) in [6, 6.07) is 6.39. The molecule has 0 aliphatic carbocycles. The van der Waals surface area contributed by atoms with E-state index >= 15 is 0 Å². The molecule has 0 saturated carbocycles. The molecule has 0 aromatic heterocycles. The molecular formula is C14H18FN3O. The molecule has 4 nitrogen and oxygen atoms in total. The van der Waals surface area contributed by atoms with E-state index in [1.54, 1.807) is 13.2 Å². The first kappa shape index (κ1) is 13.9. The lowest BCUT2D eigenvalue weighted by Crippen LogP contribution is -2.30. The number of halogens is 1. The molecule has 102 valence electrons. The van der Waals surface area contributed by atoms with Crippen molar-refractivity contribution in [3.8, 4) is 6.07 Å². The lowest BCUT2D eigenvalue weighted by Gasteiger charge is -2.16. The number of nitriles is 1. The van der Waals surface area contributed by atoms with Crippen LogP contribution >= 0.6 is 0 Å². The number of benzene rings is 1. The molecule has 0 bridgehead atoms. The van der Waals surface area contributed by atoms with Gasteiger partial charge in [0.05, 0.1) is 18.2 Å². The van der Waals surface area contributed by atoms with Crippen LogP contribution in [0.4, 0.5) is 4.39 Å². The van der Waals surface area contributed by atoms with Gasteiger partial charge >= 0.3 is 0 Å². The third kappa shape index (κ3) is 3.29. The number of hydrogen-bond donors (Lipinski definition) is 1. The molecule has 1 aliphatic heterocycles. The molecule has 19 heavy (non-hydrogen) atoms. The summed E-state index contributed by atoms with van der Waals surface area (Å²) in [6.07, 6.45) is 0. The summed E-state index contributed by atoms with van der Waals surface area (Å²) in [7, 11) is 1.67. The number of rotatable bonds is 4. The van der Waals surface area contributed by atoms with E-state index in [9.17, 15) is 4.39 Å². The number of likely N-dealkylation sites (tertiary alicyclic amines) is 1. The van der Waals surface area contributed by atoms with E-state index in [1.165, 1.54) is 12.1 Å². The Balaban J connectivity index is 2.14. The van der Waals surface area contributed by atoms with Crippen molar-refractivity contribution in [1.29, 1.82) is 5.26 Å². The van der Waals surface area contributed by atoms with Crippen LogP contribution in [0.25, 0.3) is 0 Å². The summed E-state index contributed by atoms with van der Waals surface area (Å²) in [4.78, 5) is 2.20. The Labute approximate surface area is 112 Å². The van der Waals surface area contributed by atoms with Crippen molar-refractivity contribution in [2.24, 2.45) is 5.73 Å². The highest BCUT2D eigenvalue weighted by Crippen LogP contribution is 2.27. The lowest BCUT2D eigenvalue weighted by molar-refractivity contribution is 0.160. The highest BCUT2D eigenvalue weighted by Gasteiger charge is 2.31. The van der Waals surface area contributed by atoms with Crippen LogP contribution in [0.5, 0.6) is 0 Å². The highest BCUT2D eigenvalue weighted by molar-refractivity contribution is 5.36. The first-order chi connectivity index (χ1) is 9.13. The predicted octanol–water partition coefficient (Wildman–Crippen LogP) is 1.07. The van der Waals surface area contributed by atoms with Gasteiger partial charge in [-0.05, 0) is 23.8 Å². The fraction of sp³-hybridized carbons (Fsp3) is 0.500. The van der Waals surface area contributed by atoms with Gasteiger partial charge in [-0.25, -0.2) is 4.39 Å². The maximum atomic E-state index is 13.5. The molecule has 2 rings (SSSR count). The minimum atomic E-state index is -0.378. The number of hydrogen-bond acceptors (Lipinski definition) is 4. The Bertz CT molecular complexity index is 486. The molecule has 1 aliphatic rings. The minimum Gasteiger partial charge on any atom is -0.383 e. The third-order valence-electron chi connectivity index (χ3n) is 3.53. The van der Waals surface area contributed by atoms with Gasteiger partial charge in [0.15, 0.2) is 0 Å². The minimum absolute atomic E-state index is 0.0369. The summed E-state index contributed by atoms with van der Waals surface area (Å²) in [5.74, 6) is -0.309. The van der Waals surface area contributed by atoms with Crippen LogP contribution in [0.2, 0.25) is 0 Å². The summed E-state index contributed by atoms with van der Waals surface area (Å²) < 4.78 is 18.5. The van der Waals surface area contributed by atoms with Gasteiger partial charge in [-0.2, -0.15) is 5.26 Å². The second kappa shape index (κ2) is 6.11. The summed E-state index contributed by atoms with van der Waals surface area (Å²) in [6.45, 7) is 3.03. The van der Waals surface area contributed by atoms with Gasteiger partial charge in [0.2, 0.25) is 0 Å². The van der Waals surface area contributed by atoms with Crippen LogP contribution in [0.15, 0.2) is 18.2 Å². The third-order valence-corrected chi connectivity index (χ3v) is 3.53. The molecule has 5 heteroatoms. The Hall–Kier alpha value is -1.48.